The molecule has 1 aliphatic rings. The van der Waals surface area contributed by atoms with E-state index in [0.29, 0.717) is 18.0 Å². The highest BCUT2D eigenvalue weighted by atomic mass is 32.2. The Hall–Kier alpha value is -0.0900. The molecular formula is C11H22O3S. The quantitative estimate of drug-likeness (QED) is 0.477. The van der Waals surface area contributed by atoms with Crippen LogP contribution in [0.25, 0.3) is 0 Å². The number of ether oxygens (including phenoxy) is 1. The van der Waals surface area contributed by atoms with E-state index in [4.69, 9.17) is 4.74 Å². The Morgan fingerprint density at radius 3 is 2.20 bits per heavy atom. The Morgan fingerprint density at radius 1 is 1.07 bits per heavy atom. The number of rotatable bonds is 8. The molecule has 90 valence electrons. The van der Waals surface area contributed by atoms with Gasteiger partial charge in [0.1, 0.15) is 9.84 Å². The Kier molecular flexibility index (Phi) is 5.06. The summed E-state index contributed by atoms with van der Waals surface area (Å²) in [4.78, 5) is 0. The average molecular weight is 234 g/mol. The molecule has 1 fully saturated rings. The van der Waals surface area contributed by atoms with Crippen molar-refractivity contribution >= 4 is 9.84 Å². The minimum absolute atomic E-state index is 0.300. The lowest BCUT2D eigenvalue weighted by molar-refractivity contribution is 0.351. The maximum absolute atomic E-state index is 10.9. The van der Waals surface area contributed by atoms with Crippen molar-refractivity contribution in [1.82, 2.24) is 0 Å². The van der Waals surface area contributed by atoms with Gasteiger partial charge in [-0.05, 0) is 19.3 Å². The maximum atomic E-state index is 10.9. The SMILES string of the molecule is CCCCC[C@H]1O[C@H]1CCCS(C)(=O)=O. The topological polar surface area (TPSA) is 46.7 Å². The normalized spacial score (nSPS) is 25.5. The van der Waals surface area contributed by atoms with Crippen LogP contribution in [0.2, 0.25) is 0 Å². The molecule has 0 aliphatic carbocycles. The molecule has 2 atom stereocenters. The van der Waals surface area contributed by atoms with Gasteiger partial charge in [0.15, 0.2) is 0 Å². The van der Waals surface area contributed by atoms with E-state index in [1.165, 1.54) is 25.5 Å². The summed E-state index contributed by atoms with van der Waals surface area (Å²) in [5.74, 6) is 0.300. The minimum Gasteiger partial charge on any atom is -0.370 e. The molecule has 0 unspecified atom stereocenters. The first-order chi connectivity index (χ1) is 7.03. The summed E-state index contributed by atoms with van der Waals surface area (Å²) in [5, 5.41) is 0. The van der Waals surface area contributed by atoms with E-state index < -0.39 is 9.84 Å². The molecule has 0 amide bonds. The molecule has 1 rings (SSSR count). The van der Waals surface area contributed by atoms with Gasteiger partial charge in [-0.25, -0.2) is 8.42 Å². The molecule has 0 bridgehead atoms. The van der Waals surface area contributed by atoms with Gasteiger partial charge in [-0.3, -0.25) is 0 Å². The summed E-state index contributed by atoms with van der Waals surface area (Å²) in [6.07, 6.45) is 8.62. The first kappa shape index (κ1) is 13.0. The highest BCUT2D eigenvalue weighted by Gasteiger charge is 2.37. The Labute approximate surface area is 93.1 Å². The van der Waals surface area contributed by atoms with Crippen LogP contribution in [0.4, 0.5) is 0 Å². The summed E-state index contributed by atoms with van der Waals surface area (Å²) in [7, 11) is -2.79. The van der Waals surface area contributed by atoms with Crippen molar-refractivity contribution < 1.29 is 13.2 Å². The molecular weight excluding hydrogens is 212 g/mol. The van der Waals surface area contributed by atoms with E-state index in [1.807, 2.05) is 0 Å². The molecule has 0 aromatic carbocycles. The van der Waals surface area contributed by atoms with Gasteiger partial charge in [-0.15, -0.1) is 0 Å². The molecule has 0 radical (unpaired) electrons. The van der Waals surface area contributed by atoms with Gasteiger partial charge in [0.25, 0.3) is 0 Å². The summed E-state index contributed by atoms with van der Waals surface area (Å²) in [6, 6.07) is 0. The predicted octanol–water partition coefficient (Wildman–Crippen LogP) is 2.16. The van der Waals surface area contributed by atoms with Crippen LogP contribution in [-0.2, 0) is 14.6 Å². The van der Waals surface area contributed by atoms with Gasteiger partial charge < -0.3 is 4.74 Å². The van der Waals surface area contributed by atoms with Crippen LogP contribution >= 0.6 is 0 Å². The molecule has 15 heavy (non-hydrogen) atoms. The lowest BCUT2D eigenvalue weighted by Crippen LogP contribution is -2.04. The molecule has 1 saturated heterocycles. The molecule has 1 heterocycles. The van der Waals surface area contributed by atoms with E-state index in [2.05, 4.69) is 6.92 Å². The second-order valence-corrected chi connectivity index (χ2v) is 6.74. The standard InChI is InChI=1S/C11H22O3S/c1-3-4-5-7-10-11(14-10)8-6-9-15(2,12)13/h10-11H,3-9H2,1-2H3/t10-,11+/m1/s1. The lowest BCUT2D eigenvalue weighted by Gasteiger charge is -1.96. The Bertz CT molecular complexity index is 272. The zero-order chi connectivity index (χ0) is 11.3. The Morgan fingerprint density at radius 2 is 1.67 bits per heavy atom. The molecule has 0 saturated carbocycles. The van der Waals surface area contributed by atoms with Gasteiger partial charge in [0.2, 0.25) is 0 Å². The Balaban J connectivity index is 1.97. The largest absolute Gasteiger partial charge is 0.370 e. The first-order valence-electron chi connectivity index (χ1n) is 5.86. The predicted molar refractivity (Wildman–Crippen MR) is 61.7 cm³/mol. The lowest BCUT2D eigenvalue weighted by atomic mass is 10.1. The second kappa shape index (κ2) is 5.85. The highest BCUT2D eigenvalue weighted by molar-refractivity contribution is 7.90. The summed E-state index contributed by atoms with van der Waals surface area (Å²) >= 11 is 0. The smallest absolute Gasteiger partial charge is 0.147 e. The highest BCUT2D eigenvalue weighted by Crippen LogP contribution is 2.30. The van der Waals surface area contributed by atoms with E-state index in [1.54, 1.807) is 0 Å². The van der Waals surface area contributed by atoms with Crippen LogP contribution in [0.15, 0.2) is 0 Å². The van der Waals surface area contributed by atoms with E-state index >= 15 is 0 Å². The maximum Gasteiger partial charge on any atom is 0.147 e. The molecule has 3 nitrogen and oxygen atoms in total. The fourth-order valence-electron chi connectivity index (χ4n) is 1.83. The number of hydrogen-bond donors (Lipinski definition) is 0. The van der Waals surface area contributed by atoms with E-state index in [9.17, 15) is 8.42 Å². The minimum atomic E-state index is -2.79. The third-order valence-corrected chi connectivity index (χ3v) is 3.81. The van der Waals surface area contributed by atoms with Crippen molar-refractivity contribution in [1.29, 1.82) is 0 Å². The molecule has 0 aromatic heterocycles. The van der Waals surface area contributed by atoms with Crippen molar-refractivity contribution in [2.24, 2.45) is 0 Å². The van der Waals surface area contributed by atoms with Crippen LogP contribution in [0.1, 0.15) is 45.4 Å². The number of epoxide rings is 1. The molecule has 1 aliphatic heterocycles. The van der Waals surface area contributed by atoms with Gasteiger partial charge in [-0.2, -0.15) is 0 Å². The van der Waals surface area contributed by atoms with Gasteiger partial charge in [-0.1, -0.05) is 26.2 Å². The van der Waals surface area contributed by atoms with Crippen molar-refractivity contribution in [3.8, 4) is 0 Å². The summed E-state index contributed by atoms with van der Waals surface area (Å²) < 4.78 is 27.3. The fraction of sp³-hybridized carbons (Fsp3) is 1.00. The van der Waals surface area contributed by atoms with Crippen LogP contribution < -0.4 is 0 Å². The molecule has 0 aromatic rings. The van der Waals surface area contributed by atoms with Gasteiger partial charge in [0.05, 0.1) is 12.2 Å². The van der Waals surface area contributed by atoms with Gasteiger partial charge >= 0.3 is 0 Å². The van der Waals surface area contributed by atoms with E-state index in [0.717, 1.165) is 19.3 Å². The van der Waals surface area contributed by atoms with Crippen molar-refractivity contribution in [2.75, 3.05) is 12.0 Å². The number of unbranched alkanes of at least 4 members (excludes halogenated alkanes) is 2. The van der Waals surface area contributed by atoms with Crippen molar-refractivity contribution in [3.63, 3.8) is 0 Å². The zero-order valence-corrected chi connectivity index (χ0v) is 10.6. The third kappa shape index (κ3) is 6.15. The zero-order valence-electron chi connectivity index (χ0n) is 9.74. The molecule has 0 spiro atoms. The van der Waals surface area contributed by atoms with Crippen LogP contribution in [0.3, 0.4) is 0 Å². The molecule has 4 heteroatoms. The monoisotopic (exact) mass is 234 g/mol. The third-order valence-electron chi connectivity index (χ3n) is 2.78. The number of sulfone groups is 1. The van der Waals surface area contributed by atoms with Crippen molar-refractivity contribution in [2.45, 2.75) is 57.7 Å². The fourth-order valence-corrected chi connectivity index (χ4v) is 2.52. The number of hydrogen-bond acceptors (Lipinski definition) is 3. The second-order valence-electron chi connectivity index (χ2n) is 4.48. The average Bonchev–Trinajstić information content (AvgIpc) is 2.82. The van der Waals surface area contributed by atoms with Crippen LogP contribution in [0.5, 0.6) is 0 Å². The van der Waals surface area contributed by atoms with Crippen LogP contribution in [-0.4, -0.2) is 32.6 Å². The van der Waals surface area contributed by atoms with Crippen LogP contribution in [0, 0.1) is 0 Å². The first-order valence-corrected chi connectivity index (χ1v) is 7.92. The molecule has 0 N–H and O–H groups in total. The summed E-state index contributed by atoms with van der Waals surface area (Å²) in [5.41, 5.74) is 0. The summed E-state index contributed by atoms with van der Waals surface area (Å²) in [6.45, 7) is 2.19. The van der Waals surface area contributed by atoms with Gasteiger partial charge in [0, 0.05) is 12.0 Å². The van der Waals surface area contributed by atoms with E-state index in [-0.39, 0.29) is 0 Å². The van der Waals surface area contributed by atoms with Crippen molar-refractivity contribution in [3.05, 3.63) is 0 Å².